The first-order chi connectivity index (χ1) is 8.11. The lowest BCUT2D eigenvalue weighted by atomic mass is 9.74. The summed E-state index contributed by atoms with van der Waals surface area (Å²) in [5.74, 6) is 0.375. The minimum absolute atomic E-state index is 0.00745. The van der Waals surface area contributed by atoms with Crippen molar-refractivity contribution in [3.8, 4) is 0 Å². The van der Waals surface area contributed by atoms with Crippen LogP contribution >= 0.6 is 0 Å². The zero-order valence-electron chi connectivity index (χ0n) is 10.0. The van der Waals surface area contributed by atoms with Crippen molar-refractivity contribution in [3.05, 3.63) is 34.3 Å². The van der Waals surface area contributed by atoms with E-state index in [0.29, 0.717) is 17.6 Å². The molecule has 3 heteroatoms. The van der Waals surface area contributed by atoms with E-state index in [1.807, 2.05) is 13.8 Å². The molecule has 1 aromatic heterocycles. The molecule has 1 aromatic rings. The molecule has 0 radical (unpaired) electrons. The Kier molecular flexibility index (Phi) is 2.12. The average Bonchev–Trinajstić information content (AvgIpc) is 2.68. The minimum Gasteiger partial charge on any atom is -0.460 e. The fourth-order valence-electron chi connectivity index (χ4n) is 2.92. The van der Waals surface area contributed by atoms with Gasteiger partial charge in [0, 0.05) is 11.1 Å². The summed E-state index contributed by atoms with van der Waals surface area (Å²) in [6.45, 7) is 3.84. The second kappa shape index (κ2) is 3.42. The molecule has 0 aliphatic heterocycles. The van der Waals surface area contributed by atoms with Gasteiger partial charge in [-0.2, -0.15) is 0 Å². The molecular formula is C14H14O3. The SMILES string of the molecule is Cc1coc2c1C(=O)C1=C(CCC[C@H]1C)C2=O. The molecule has 3 nitrogen and oxygen atoms in total. The standard InChI is InChI=1S/C14H14O3/c1-7-4-3-5-9-10(7)13(16)11-8(2)6-17-14(11)12(9)15/h6-7H,3-5H2,1-2H3/t7-/m1/s1. The lowest BCUT2D eigenvalue weighted by Gasteiger charge is -2.27. The van der Waals surface area contributed by atoms with E-state index >= 15 is 0 Å². The van der Waals surface area contributed by atoms with Gasteiger partial charge < -0.3 is 4.42 Å². The van der Waals surface area contributed by atoms with Crippen LogP contribution in [-0.4, -0.2) is 11.6 Å². The molecule has 88 valence electrons. The van der Waals surface area contributed by atoms with Crippen LogP contribution in [0.5, 0.6) is 0 Å². The van der Waals surface area contributed by atoms with Crippen LogP contribution in [0.2, 0.25) is 0 Å². The van der Waals surface area contributed by atoms with Crippen molar-refractivity contribution in [1.29, 1.82) is 0 Å². The van der Waals surface area contributed by atoms with Gasteiger partial charge in [0.25, 0.3) is 0 Å². The van der Waals surface area contributed by atoms with Crippen molar-refractivity contribution in [2.24, 2.45) is 5.92 Å². The molecule has 0 unspecified atom stereocenters. The molecule has 0 spiro atoms. The highest BCUT2D eigenvalue weighted by Crippen LogP contribution is 2.39. The molecule has 1 atom stereocenters. The summed E-state index contributed by atoms with van der Waals surface area (Å²) in [5, 5.41) is 0. The maximum absolute atomic E-state index is 12.4. The Morgan fingerprint density at radius 2 is 2.06 bits per heavy atom. The van der Waals surface area contributed by atoms with Crippen LogP contribution in [0.4, 0.5) is 0 Å². The molecule has 0 bridgehead atoms. The van der Waals surface area contributed by atoms with Crippen LogP contribution in [-0.2, 0) is 0 Å². The van der Waals surface area contributed by atoms with Crippen molar-refractivity contribution < 1.29 is 14.0 Å². The number of furan rings is 1. The van der Waals surface area contributed by atoms with Crippen molar-refractivity contribution in [2.75, 3.05) is 0 Å². The summed E-state index contributed by atoms with van der Waals surface area (Å²) in [4.78, 5) is 24.7. The van der Waals surface area contributed by atoms with E-state index in [4.69, 9.17) is 4.42 Å². The van der Waals surface area contributed by atoms with Gasteiger partial charge in [-0.1, -0.05) is 6.92 Å². The molecule has 2 aliphatic carbocycles. The number of hydrogen-bond donors (Lipinski definition) is 0. The first kappa shape index (κ1) is 10.5. The summed E-state index contributed by atoms with van der Waals surface area (Å²) >= 11 is 0. The van der Waals surface area contributed by atoms with Gasteiger partial charge in [-0.05, 0) is 37.7 Å². The summed E-state index contributed by atoms with van der Waals surface area (Å²) < 4.78 is 5.25. The third-order valence-electron chi connectivity index (χ3n) is 3.81. The number of fused-ring (bicyclic) bond motifs is 1. The molecular weight excluding hydrogens is 216 g/mol. The summed E-state index contributed by atoms with van der Waals surface area (Å²) in [7, 11) is 0. The second-order valence-corrected chi connectivity index (χ2v) is 4.97. The minimum atomic E-state index is -0.0748. The van der Waals surface area contributed by atoms with Gasteiger partial charge in [0.15, 0.2) is 11.5 Å². The van der Waals surface area contributed by atoms with E-state index in [2.05, 4.69) is 0 Å². The van der Waals surface area contributed by atoms with Crippen molar-refractivity contribution in [2.45, 2.75) is 33.1 Å². The normalized spacial score (nSPS) is 23.8. The van der Waals surface area contributed by atoms with Crippen molar-refractivity contribution in [1.82, 2.24) is 0 Å². The smallest absolute Gasteiger partial charge is 0.225 e. The van der Waals surface area contributed by atoms with E-state index in [1.165, 1.54) is 6.26 Å². The Morgan fingerprint density at radius 3 is 2.82 bits per heavy atom. The topological polar surface area (TPSA) is 47.3 Å². The van der Waals surface area contributed by atoms with Crippen LogP contribution < -0.4 is 0 Å². The maximum Gasteiger partial charge on any atom is 0.225 e. The lowest BCUT2D eigenvalue weighted by Crippen LogP contribution is -2.27. The number of rotatable bonds is 0. The maximum atomic E-state index is 12.4. The Hall–Kier alpha value is -1.64. The van der Waals surface area contributed by atoms with Gasteiger partial charge in [0.1, 0.15) is 0 Å². The molecule has 3 rings (SSSR count). The van der Waals surface area contributed by atoms with E-state index < -0.39 is 0 Å². The molecule has 0 aromatic carbocycles. The molecule has 0 N–H and O–H groups in total. The zero-order valence-corrected chi connectivity index (χ0v) is 10.0. The number of carbonyl (C=O) groups is 2. The van der Waals surface area contributed by atoms with Gasteiger partial charge in [0.2, 0.25) is 5.78 Å². The Morgan fingerprint density at radius 1 is 1.29 bits per heavy atom. The summed E-state index contributed by atoms with van der Waals surface area (Å²) in [6.07, 6.45) is 4.19. The summed E-state index contributed by atoms with van der Waals surface area (Å²) in [5.41, 5.74) is 2.68. The first-order valence-corrected chi connectivity index (χ1v) is 6.01. The highest BCUT2D eigenvalue weighted by atomic mass is 16.3. The fourth-order valence-corrected chi connectivity index (χ4v) is 2.92. The average molecular weight is 230 g/mol. The van der Waals surface area contributed by atoms with Crippen molar-refractivity contribution >= 4 is 11.6 Å². The van der Waals surface area contributed by atoms with Gasteiger partial charge >= 0.3 is 0 Å². The van der Waals surface area contributed by atoms with Gasteiger partial charge in [0.05, 0.1) is 11.8 Å². The predicted molar refractivity (Wildman–Crippen MR) is 62.1 cm³/mol. The Balaban J connectivity index is 2.24. The van der Waals surface area contributed by atoms with Gasteiger partial charge in [-0.3, -0.25) is 9.59 Å². The van der Waals surface area contributed by atoms with Crippen molar-refractivity contribution in [3.63, 3.8) is 0 Å². The van der Waals surface area contributed by atoms with Crippen LogP contribution in [0, 0.1) is 12.8 Å². The number of hydrogen-bond acceptors (Lipinski definition) is 3. The quantitative estimate of drug-likeness (QED) is 0.688. The molecule has 0 amide bonds. The fraction of sp³-hybridized carbons (Fsp3) is 0.429. The molecule has 1 heterocycles. The predicted octanol–water partition coefficient (Wildman–Crippen LogP) is 3.08. The third kappa shape index (κ3) is 1.28. The molecule has 17 heavy (non-hydrogen) atoms. The highest BCUT2D eigenvalue weighted by molar-refractivity contribution is 6.26. The molecule has 0 fully saturated rings. The highest BCUT2D eigenvalue weighted by Gasteiger charge is 2.39. The molecule has 2 aliphatic rings. The Bertz CT molecular complexity index is 560. The first-order valence-electron chi connectivity index (χ1n) is 6.01. The number of allylic oxidation sites excluding steroid dienone is 2. The second-order valence-electron chi connectivity index (χ2n) is 4.97. The van der Waals surface area contributed by atoms with Crippen LogP contribution in [0.15, 0.2) is 21.8 Å². The molecule has 0 saturated carbocycles. The van der Waals surface area contributed by atoms with Crippen LogP contribution in [0.25, 0.3) is 0 Å². The monoisotopic (exact) mass is 230 g/mol. The van der Waals surface area contributed by atoms with E-state index in [9.17, 15) is 9.59 Å². The van der Waals surface area contributed by atoms with E-state index in [-0.39, 0.29) is 23.2 Å². The van der Waals surface area contributed by atoms with E-state index in [0.717, 1.165) is 24.0 Å². The number of Topliss-reactive ketones (excluding diaryl/α,β-unsaturated/α-hetero) is 2. The largest absolute Gasteiger partial charge is 0.460 e. The van der Waals surface area contributed by atoms with Crippen LogP contribution in [0.3, 0.4) is 0 Å². The number of carbonyl (C=O) groups excluding carboxylic acids is 2. The van der Waals surface area contributed by atoms with Gasteiger partial charge in [-0.25, -0.2) is 0 Å². The number of aryl methyl sites for hydroxylation is 1. The zero-order chi connectivity index (χ0) is 12.2. The Labute approximate surface area is 99.5 Å². The van der Waals surface area contributed by atoms with Crippen LogP contribution in [0.1, 0.15) is 52.7 Å². The molecule has 0 saturated heterocycles. The summed E-state index contributed by atoms with van der Waals surface area (Å²) in [6, 6.07) is 0. The van der Waals surface area contributed by atoms with E-state index in [1.54, 1.807) is 0 Å². The lowest BCUT2D eigenvalue weighted by molar-refractivity contribution is 0.0938. The van der Waals surface area contributed by atoms with Gasteiger partial charge in [-0.15, -0.1) is 0 Å². The number of ketones is 2. The third-order valence-corrected chi connectivity index (χ3v) is 3.81.